The van der Waals surface area contributed by atoms with Gasteiger partial charge < -0.3 is 9.64 Å². The Morgan fingerprint density at radius 2 is 2.06 bits per heavy atom. The highest BCUT2D eigenvalue weighted by atomic mass is 79.9. The second-order valence-electron chi connectivity index (χ2n) is 4.10. The molecule has 94 valence electrons. The van der Waals surface area contributed by atoms with E-state index < -0.39 is 0 Å². The van der Waals surface area contributed by atoms with Gasteiger partial charge in [-0.15, -0.1) is 0 Å². The van der Waals surface area contributed by atoms with Crippen LogP contribution in [0.1, 0.15) is 5.56 Å². The molecule has 4 nitrogen and oxygen atoms in total. The molecular formula is C13H14BrN3O. The summed E-state index contributed by atoms with van der Waals surface area (Å²) in [7, 11) is 3.93. The van der Waals surface area contributed by atoms with Crippen molar-refractivity contribution in [2.24, 2.45) is 0 Å². The van der Waals surface area contributed by atoms with E-state index in [9.17, 15) is 0 Å². The van der Waals surface area contributed by atoms with Gasteiger partial charge in [0.1, 0.15) is 11.6 Å². The molecule has 0 radical (unpaired) electrons. The first kappa shape index (κ1) is 12.8. The highest BCUT2D eigenvalue weighted by Gasteiger charge is 2.07. The van der Waals surface area contributed by atoms with E-state index in [1.165, 1.54) is 0 Å². The minimum atomic E-state index is 0.538. The second-order valence-corrected chi connectivity index (χ2v) is 4.95. The fourth-order valence-corrected chi connectivity index (χ4v) is 1.96. The van der Waals surface area contributed by atoms with Crippen molar-refractivity contribution in [3.8, 4) is 11.6 Å². The summed E-state index contributed by atoms with van der Waals surface area (Å²) in [5.74, 6) is 2.15. The van der Waals surface area contributed by atoms with Gasteiger partial charge in [-0.25, -0.2) is 9.97 Å². The zero-order valence-corrected chi connectivity index (χ0v) is 12.1. The molecule has 2 aromatic heterocycles. The molecule has 0 atom stereocenters. The summed E-state index contributed by atoms with van der Waals surface area (Å²) >= 11 is 3.39. The van der Waals surface area contributed by atoms with Gasteiger partial charge in [-0.3, -0.25) is 0 Å². The molecule has 0 unspecified atom stereocenters. The fraction of sp³-hybridized carbons (Fsp3) is 0.231. The summed E-state index contributed by atoms with van der Waals surface area (Å²) in [4.78, 5) is 10.5. The summed E-state index contributed by atoms with van der Waals surface area (Å²) in [5.41, 5.74) is 1.06. The Morgan fingerprint density at radius 3 is 2.67 bits per heavy atom. The van der Waals surface area contributed by atoms with Crippen molar-refractivity contribution in [3.05, 3.63) is 40.6 Å². The summed E-state index contributed by atoms with van der Waals surface area (Å²) in [6, 6.07) is 5.68. The third-order valence-corrected chi connectivity index (χ3v) is 2.99. The maximum atomic E-state index is 5.69. The maximum Gasteiger partial charge on any atom is 0.233 e. The number of aromatic nitrogens is 2. The predicted octanol–water partition coefficient (Wildman–Crippen LogP) is 3.41. The molecule has 0 N–H and O–H groups in total. The molecule has 0 aliphatic carbocycles. The molecule has 0 aromatic carbocycles. The van der Waals surface area contributed by atoms with Crippen LogP contribution in [0.15, 0.2) is 35.1 Å². The fourth-order valence-electron chi connectivity index (χ4n) is 1.62. The smallest absolute Gasteiger partial charge is 0.233 e. The van der Waals surface area contributed by atoms with Crippen LogP contribution in [0.4, 0.5) is 5.82 Å². The highest BCUT2D eigenvalue weighted by molar-refractivity contribution is 9.10. The molecular weight excluding hydrogens is 294 g/mol. The van der Waals surface area contributed by atoms with Crippen molar-refractivity contribution in [1.82, 2.24) is 9.97 Å². The average Bonchev–Trinajstić information content (AvgIpc) is 2.32. The first-order valence-electron chi connectivity index (χ1n) is 5.50. The van der Waals surface area contributed by atoms with Gasteiger partial charge in [0.2, 0.25) is 5.88 Å². The van der Waals surface area contributed by atoms with E-state index in [2.05, 4.69) is 25.9 Å². The monoisotopic (exact) mass is 307 g/mol. The van der Waals surface area contributed by atoms with Gasteiger partial charge >= 0.3 is 0 Å². The third kappa shape index (κ3) is 2.79. The molecule has 5 heteroatoms. The van der Waals surface area contributed by atoms with Crippen LogP contribution < -0.4 is 9.64 Å². The van der Waals surface area contributed by atoms with Gasteiger partial charge in [-0.2, -0.15) is 0 Å². The van der Waals surface area contributed by atoms with E-state index in [-0.39, 0.29) is 0 Å². The number of halogens is 1. The van der Waals surface area contributed by atoms with E-state index in [1.54, 1.807) is 12.4 Å². The Bertz CT molecular complexity index is 558. The second kappa shape index (κ2) is 5.35. The van der Waals surface area contributed by atoms with Gasteiger partial charge in [-0.05, 0) is 46.6 Å². The number of anilines is 1. The predicted molar refractivity (Wildman–Crippen MR) is 75.3 cm³/mol. The number of hydrogen-bond acceptors (Lipinski definition) is 4. The summed E-state index contributed by atoms with van der Waals surface area (Å²) in [6.07, 6.45) is 3.39. The molecule has 2 aromatic rings. The van der Waals surface area contributed by atoms with Crippen molar-refractivity contribution in [3.63, 3.8) is 0 Å². The molecule has 0 bridgehead atoms. The minimum absolute atomic E-state index is 0.538. The largest absolute Gasteiger partial charge is 0.436 e. The first-order chi connectivity index (χ1) is 8.58. The van der Waals surface area contributed by atoms with Crippen LogP contribution in [0, 0.1) is 6.92 Å². The Balaban J connectivity index is 2.26. The third-order valence-electron chi connectivity index (χ3n) is 2.39. The zero-order chi connectivity index (χ0) is 13.1. The lowest BCUT2D eigenvalue weighted by Crippen LogP contribution is -2.12. The van der Waals surface area contributed by atoms with E-state index in [0.717, 1.165) is 15.9 Å². The van der Waals surface area contributed by atoms with Crippen molar-refractivity contribution in [1.29, 1.82) is 0 Å². The summed E-state index contributed by atoms with van der Waals surface area (Å²) in [5, 5.41) is 0. The zero-order valence-electron chi connectivity index (χ0n) is 10.5. The number of aryl methyl sites for hydroxylation is 1. The molecule has 0 saturated carbocycles. The van der Waals surface area contributed by atoms with Crippen LogP contribution >= 0.6 is 15.9 Å². The molecule has 0 fully saturated rings. The Labute approximate surface area is 115 Å². The molecule has 0 saturated heterocycles. The maximum absolute atomic E-state index is 5.69. The van der Waals surface area contributed by atoms with E-state index in [0.29, 0.717) is 11.6 Å². The van der Waals surface area contributed by atoms with Crippen LogP contribution in [0.25, 0.3) is 0 Å². The molecule has 0 amide bonds. The molecule has 0 aliphatic rings. The Morgan fingerprint density at radius 1 is 1.28 bits per heavy atom. The number of pyridine rings is 2. The van der Waals surface area contributed by atoms with Crippen molar-refractivity contribution < 1.29 is 4.74 Å². The van der Waals surface area contributed by atoms with E-state index >= 15 is 0 Å². The molecule has 0 aliphatic heterocycles. The Hall–Kier alpha value is -1.62. The quantitative estimate of drug-likeness (QED) is 0.871. The lowest BCUT2D eigenvalue weighted by molar-refractivity contribution is 0.457. The van der Waals surface area contributed by atoms with Crippen molar-refractivity contribution >= 4 is 21.7 Å². The van der Waals surface area contributed by atoms with Crippen LogP contribution in [-0.4, -0.2) is 24.1 Å². The lowest BCUT2D eigenvalue weighted by atomic mass is 10.2. The highest BCUT2D eigenvalue weighted by Crippen LogP contribution is 2.28. The topological polar surface area (TPSA) is 38.3 Å². The van der Waals surface area contributed by atoms with Gasteiger partial charge in [-0.1, -0.05) is 0 Å². The summed E-state index contributed by atoms with van der Waals surface area (Å²) in [6.45, 7) is 2.00. The standard InChI is InChI=1S/C13H14BrN3O/c1-9-7-10(8-16-12(9)17(2)3)18-13-11(14)5-4-6-15-13/h4-8H,1-3H3. The van der Waals surface area contributed by atoms with Gasteiger partial charge in [0, 0.05) is 20.3 Å². The van der Waals surface area contributed by atoms with E-state index in [1.807, 2.05) is 44.1 Å². The minimum Gasteiger partial charge on any atom is -0.436 e. The number of nitrogens with zero attached hydrogens (tertiary/aromatic N) is 3. The van der Waals surface area contributed by atoms with Crippen LogP contribution in [-0.2, 0) is 0 Å². The van der Waals surface area contributed by atoms with Gasteiger partial charge in [0.15, 0.2) is 0 Å². The Kier molecular flexibility index (Phi) is 3.81. The van der Waals surface area contributed by atoms with Gasteiger partial charge in [0.05, 0.1) is 10.7 Å². The normalized spacial score (nSPS) is 10.2. The average molecular weight is 308 g/mol. The molecule has 0 spiro atoms. The van der Waals surface area contributed by atoms with Crippen molar-refractivity contribution in [2.75, 3.05) is 19.0 Å². The van der Waals surface area contributed by atoms with Crippen LogP contribution in [0.2, 0.25) is 0 Å². The van der Waals surface area contributed by atoms with Crippen LogP contribution in [0.3, 0.4) is 0 Å². The molecule has 2 rings (SSSR count). The summed E-state index contributed by atoms with van der Waals surface area (Å²) < 4.78 is 6.50. The molecule has 2 heterocycles. The first-order valence-corrected chi connectivity index (χ1v) is 6.29. The SMILES string of the molecule is Cc1cc(Oc2ncccc2Br)cnc1N(C)C. The number of rotatable bonds is 3. The molecule has 18 heavy (non-hydrogen) atoms. The lowest BCUT2D eigenvalue weighted by Gasteiger charge is -2.15. The van der Waals surface area contributed by atoms with Crippen molar-refractivity contribution in [2.45, 2.75) is 6.92 Å². The number of ether oxygens (including phenoxy) is 1. The number of hydrogen-bond donors (Lipinski definition) is 0. The van der Waals surface area contributed by atoms with E-state index in [4.69, 9.17) is 4.74 Å². The van der Waals surface area contributed by atoms with Crippen LogP contribution in [0.5, 0.6) is 11.6 Å². The van der Waals surface area contributed by atoms with Gasteiger partial charge in [0.25, 0.3) is 0 Å².